The normalized spacial score (nSPS) is 21.9. The Hall–Kier alpha value is -1.63. The predicted octanol–water partition coefficient (Wildman–Crippen LogP) is 2.92. The largest absolute Gasteiger partial charge is 0.493 e. The molecule has 1 aromatic rings. The summed E-state index contributed by atoms with van der Waals surface area (Å²) in [7, 11) is 1.27. The predicted molar refractivity (Wildman–Crippen MR) is 63.3 cm³/mol. The van der Waals surface area contributed by atoms with E-state index in [0.717, 1.165) is 0 Å². The highest BCUT2D eigenvalue weighted by Gasteiger charge is 2.52. The maximum Gasteiger partial charge on any atom is 0.426 e. The Balaban J connectivity index is 2.50. The second-order valence-corrected chi connectivity index (χ2v) is 4.76. The average Bonchev–Trinajstić information content (AvgIpc) is 2.34. The molecule has 1 aliphatic rings. The first-order valence-corrected chi connectivity index (χ1v) is 5.94. The minimum absolute atomic E-state index is 0.0468. The molecule has 0 spiro atoms. The van der Waals surface area contributed by atoms with Crippen molar-refractivity contribution in [2.75, 3.05) is 7.11 Å². The molecule has 1 aliphatic heterocycles. The van der Waals surface area contributed by atoms with Gasteiger partial charge in [0.25, 0.3) is 0 Å². The Morgan fingerprint density at radius 2 is 2.15 bits per heavy atom. The first-order valence-electron chi connectivity index (χ1n) is 5.56. The molecule has 1 heterocycles. The maximum atomic E-state index is 12.9. The molecule has 4 nitrogen and oxygen atoms in total. The molecule has 20 heavy (non-hydrogen) atoms. The summed E-state index contributed by atoms with van der Waals surface area (Å²) in [4.78, 5) is 11.0. The van der Waals surface area contributed by atoms with Crippen LogP contribution in [0.4, 0.5) is 13.2 Å². The summed E-state index contributed by atoms with van der Waals surface area (Å²) in [6.45, 7) is 0. The number of aliphatic carboxylic acids is 1. The Kier molecular flexibility index (Phi) is 3.73. The minimum Gasteiger partial charge on any atom is -0.493 e. The van der Waals surface area contributed by atoms with Gasteiger partial charge in [-0.25, -0.2) is 0 Å². The number of methoxy groups -OCH3 is 1. The van der Waals surface area contributed by atoms with Crippen LogP contribution in [0.1, 0.15) is 5.56 Å². The smallest absolute Gasteiger partial charge is 0.426 e. The second kappa shape index (κ2) is 5.05. The van der Waals surface area contributed by atoms with Crippen molar-refractivity contribution in [1.29, 1.82) is 0 Å². The van der Waals surface area contributed by atoms with Crippen LogP contribution < -0.4 is 9.47 Å². The van der Waals surface area contributed by atoms with Crippen molar-refractivity contribution in [2.45, 2.75) is 18.7 Å². The molecule has 0 saturated carbocycles. The van der Waals surface area contributed by atoms with Crippen molar-refractivity contribution in [3.63, 3.8) is 0 Å². The van der Waals surface area contributed by atoms with E-state index in [9.17, 15) is 18.0 Å². The number of ether oxygens (including phenoxy) is 2. The third kappa shape index (κ3) is 2.63. The lowest BCUT2D eigenvalue weighted by molar-refractivity contribution is -0.217. The van der Waals surface area contributed by atoms with Crippen molar-refractivity contribution in [3.8, 4) is 11.5 Å². The molecule has 0 radical (unpaired) electrons. The molecule has 8 heteroatoms. The van der Waals surface area contributed by atoms with Gasteiger partial charge in [-0.05, 0) is 12.5 Å². The molecule has 0 aromatic heterocycles. The molecule has 0 amide bonds. The molecule has 0 saturated heterocycles. The highest BCUT2D eigenvalue weighted by atomic mass is 35.5. The van der Waals surface area contributed by atoms with Gasteiger partial charge in [-0.15, -0.1) is 0 Å². The fourth-order valence-corrected chi connectivity index (χ4v) is 2.36. The number of benzene rings is 1. The van der Waals surface area contributed by atoms with E-state index in [4.69, 9.17) is 26.2 Å². The molecule has 0 fully saturated rings. The van der Waals surface area contributed by atoms with Crippen LogP contribution in [0.5, 0.6) is 11.5 Å². The third-order valence-electron chi connectivity index (χ3n) is 3.01. The van der Waals surface area contributed by atoms with E-state index in [0.29, 0.717) is 0 Å². The summed E-state index contributed by atoms with van der Waals surface area (Å²) >= 11 is 5.81. The number of carboxylic acid groups (broad SMARTS) is 1. The molecule has 2 atom stereocenters. The summed E-state index contributed by atoms with van der Waals surface area (Å²) in [6, 6.07) is 2.69. The van der Waals surface area contributed by atoms with Crippen LogP contribution in [0.25, 0.3) is 0 Å². The van der Waals surface area contributed by atoms with Crippen LogP contribution >= 0.6 is 11.6 Å². The zero-order valence-corrected chi connectivity index (χ0v) is 11.0. The molecule has 110 valence electrons. The average molecular weight is 311 g/mol. The Bertz CT molecular complexity index is 544. The standard InChI is InChI=1S/C12H10ClF3O4/c1-19-8-4-6(13)2-5-3-7(11(17)18)10(12(14,15)16)20-9(5)8/h2,4,7,10H,3H2,1H3,(H,17,18)/t7-,10-/m1/s1. The van der Waals surface area contributed by atoms with Gasteiger partial charge in [-0.1, -0.05) is 11.6 Å². The van der Waals surface area contributed by atoms with Gasteiger partial charge in [0, 0.05) is 16.7 Å². The summed E-state index contributed by atoms with van der Waals surface area (Å²) < 4.78 is 48.5. The van der Waals surface area contributed by atoms with Crippen molar-refractivity contribution in [3.05, 3.63) is 22.7 Å². The van der Waals surface area contributed by atoms with Gasteiger partial charge in [0.15, 0.2) is 11.5 Å². The van der Waals surface area contributed by atoms with Crippen LogP contribution in [-0.4, -0.2) is 30.5 Å². The lowest BCUT2D eigenvalue weighted by Crippen LogP contribution is -2.47. The topological polar surface area (TPSA) is 55.8 Å². The highest BCUT2D eigenvalue weighted by Crippen LogP contribution is 2.44. The van der Waals surface area contributed by atoms with Crippen molar-refractivity contribution < 1.29 is 32.5 Å². The first-order chi connectivity index (χ1) is 9.24. The van der Waals surface area contributed by atoms with E-state index in [-0.39, 0.29) is 28.5 Å². The molecular formula is C12H10ClF3O4. The zero-order valence-electron chi connectivity index (χ0n) is 10.2. The van der Waals surface area contributed by atoms with Gasteiger partial charge in [0.05, 0.1) is 7.11 Å². The second-order valence-electron chi connectivity index (χ2n) is 4.33. The number of hydrogen-bond acceptors (Lipinski definition) is 3. The monoisotopic (exact) mass is 310 g/mol. The van der Waals surface area contributed by atoms with Crippen LogP contribution in [-0.2, 0) is 11.2 Å². The number of hydrogen-bond donors (Lipinski definition) is 1. The van der Waals surface area contributed by atoms with Gasteiger partial charge in [-0.2, -0.15) is 13.2 Å². The number of rotatable bonds is 2. The van der Waals surface area contributed by atoms with Crippen LogP contribution in [0, 0.1) is 5.92 Å². The van der Waals surface area contributed by atoms with Gasteiger partial charge in [-0.3, -0.25) is 4.79 Å². The third-order valence-corrected chi connectivity index (χ3v) is 3.22. The molecule has 2 rings (SSSR count). The van der Waals surface area contributed by atoms with Crippen molar-refractivity contribution in [2.24, 2.45) is 5.92 Å². The van der Waals surface area contributed by atoms with E-state index >= 15 is 0 Å². The van der Waals surface area contributed by atoms with E-state index in [2.05, 4.69) is 0 Å². The zero-order chi connectivity index (χ0) is 15.1. The number of carbonyl (C=O) groups is 1. The summed E-state index contributed by atoms with van der Waals surface area (Å²) in [5.74, 6) is -3.36. The van der Waals surface area contributed by atoms with Crippen molar-refractivity contribution in [1.82, 2.24) is 0 Å². The quantitative estimate of drug-likeness (QED) is 0.912. The molecule has 0 aliphatic carbocycles. The first kappa shape index (κ1) is 14.8. The molecule has 1 N–H and O–H groups in total. The SMILES string of the molecule is COc1cc(Cl)cc2c1O[C@@H](C(F)(F)F)[C@H](C(=O)O)C2. The lowest BCUT2D eigenvalue weighted by Gasteiger charge is -2.33. The molecule has 1 aromatic carbocycles. The van der Waals surface area contributed by atoms with Crippen LogP contribution in [0.2, 0.25) is 5.02 Å². The number of fused-ring (bicyclic) bond motifs is 1. The Morgan fingerprint density at radius 3 is 2.65 bits per heavy atom. The molecular weight excluding hydrogens is 301 g/mol. The number of carboxylic acids is 1. The maximum absolute atomic E-state index is 12.9. The molecule has 0 unspecified atom stereocenters. The van der Waals surface area contributed by atoms with Gasteiger partial charge in [0.2, 0.25) is 6.10 Å². The molecule has 0 bridgehead atoms. The number of halogens is 4. The van der Waals surface area contributed by atoms with Gasteiger partial charge >= 0.3 is 12.1 Å². The van der Waals surface area contributed by atoms with Crippen LogP contribution in [0.3, 0.4) is 0 Å². The van der Waals surface area contributed by atoms with E-state index in [1.165, 1.54) is 19.2 Å². The summed E-state index contributed by atoms with van der Waals surface area (Å²) in [5.41, 5.74) is 0.280. The summed E-state index contributed by atoms with van der Waals surface area (Å²) in [5, 5.41) is 9.18. The summed E-state index contributed by atoms with van der Waals surface area (Å²) in [6.07, 6.45) is -7.53. The number of alkyl halides is 3. The Labute approximate surface area is 117 Å². The fraction of sp³-hybridized carbons (Fsp3) is 0.417. The van der Waals surface area contributed by atoms with Gasteiger partial charge < -0.3 is 14.6 Å². The highest BCUT2D eigenvalue weighted by molar-refractivity contribution is 6.30. The minimum atomic E-state index is -4.79. The fourth-order valence-electron chi connectivity index (χ4n) is 2.12. The van der Waals surface area contributed by atoms with E-state index in [1.807, 2.05) is 0 Å². The van der Waals surface area contributed by atoms with E-state index < -0.39 is 24.2 Å². The Morgan fingerprint density at radius 1 is 1.50 bits per heavy atom. The van der Waals surface area contributed by atoms with Crippen LogP contribution in [0.15, 0.2) is 12.1 Å². The van der Waals surface area contributed by atoms with Gasteiger partial charge in [0.1, 0.15) is 5.92 Å². The van der Waals surface area contributed by atoms with E-state index in [1.54, 1.807) is 0 Å². The lowest BCUT2D eigenvalue weighted by atomic mass is 9.90. The van der Waals surface area contributed by atoms with Crippen molar-refractivity contribution >= 4 is 17.6 Å².